The number of thioether (sulfide) groups is 1. The van der Waals surface area contributed by atoms with Crippen LogP contribution in [0.3, 0.4) is 0 Å². The van der Waals surface area contributed by atoms with Crippen molar-refractivity contribution in [2.24, 2.45) is 5.73 Å². The number of hydrogen-bond acceptors (Lipinski definition) is 7. The van der Waals surface area contributed by atoms with Gasteiger partial charge in [0.1, 0.15) is 5.00 Å². The molecule has 3 N–H and O–H groups in total. The van der Waals surface area contributed by atoms with Crippen molar-refractivity contribution in [2.45, 2.75) is 36.2 Å². The molecule has 2 amide bonds. The van der Waals surface area contributed by atoms with Crippen molar-refractivity contribution in [3.05, 3.63) is 34.5 Å². The monoisotopic (exact) mass is 419 g/mol. The van der Waals surface area contributed by atoms with Crippen LogP contribution < -0.4 is 11.1 Å². The zero-order chi connectivity index (χ0) is 19.0. The summed E-state index contributed by atoms with van der Waals surface area (Å²) in [5.74, 6) is 0.103. The first-order valence-corrected chi connectivity index (χ1v) is 11.0. The molecule has 3 heterocycles. The van der Waals surface area contributed by atoms with Gasteiger partial charge in [0.25, 0.3) is 5.91 Å². The molecule has 3 aromatic heterocycles. The molecule has 0 bridgehead atoms. The molecule has 27 heavy (non-hydrogen) atoms. The molecule has 1 saturated carbocycles. The number of thiophene rings is 2. The van der Waals surface area contributed by atoms with E-state index < -0.39 is 11.2 Å². The first kappa shape index (κ1) is 18.2. The fourth-order valence-electron chi connectivity index (χ4n) is 2.62. The summed E-state index contributed by atoms with van der Waals surface area (Å²) in [6.07, 6.45) is 2.20. The molecule has 0 aliphatic heterocycles. The number of nitrogens with zero attached hydrogens (tertiary/aromatic N) is 3. The Morgan fingerprint density at radius 2 is 2.11 bits per heavy atom. The highest BCUT2D eigenvalue weighted by Gasteiger charge is 2.32. The molecule has 7 nitrogen and oxygen atoms in total. The van der Waals surface area contributed by atoms with Crippen molar-refractivity contribution in [1.29, 1.82) is 0 Å². The predicted octanol–water partition coefficient (Wildman–Crippen LogP) is 3.62. The minimum absolute atomic E-state index is 0.201. The number of rotatable bonds is 7. The topological polar surface area (TPSA) is 103 Å². The third-order valence-corrected chi connectivity index (χ3v) is 6.89. The second kappa shape index (κ2) is 7.45. The average Bonchev–Trinajstić information content (AvgIpc) is 3.06. The van der Waals surface area contributed by atoms with E-state index in [1.807, 2.05) is 24.4 Å². The lowest BCUT2D eigenvalue weighted by molar-refractivity contribution is -0.115. The van der Waals surface area contributed by atoms with Gasteiger partial charge in [-0.15, -0.1) is 32.9 Å². The molecular weight excluding hydrogens is 402 g/mol. The summed E-state index contributed by atoms with van der Waals surface area (Å²) >= 11 is 4.27. The second-order valence-electron chi connectivity index (χ2n) is 6.16. The normalized spacial score (nSPS) is 14.9. The quantitative estimate of drug-likeness (QED) is 0.569. The fraction of sp³-hybridized carbons (Fsp3) is 0.294. The van der Waals surface area contributed by atoms with Crippen LogP contribution in [-0.2, 0) is 4.79 Å². The number of amides is 2. The Hall–Kier alpha value is -2.17. The number of primary amides is 1. The largest absolute Gasteiger partial charge is 0.366 e. The SMILES string of the molecule is C[C@H](Sc1nnc(-c2cccs2)n1C1CC1)C(=O)Nc1sccc1C(N)=O. The van der Waals surface area contributed by atoms with Crippen LogP contribution in [0.2, 0.25) is 0 Å². The van der Waals surface area contributed by atoms with Crippen molar-refractivity contribution in [3.8, 4) is 10.7 Å². The van der Waals surface area contributed by atoms with Crippen LogP contribution in [0.5, 0.6) is 0 Å². The first-order valence-electron chi connectivity index (χ1n) is 8.38. The number of carbonyl (C=O) groups excluding carboxylic acids is 2. The number of aromatic nitrogens is 3. The van der Waals surface area contributed by atoms with E-state index in [0.29, 0.717) is 16.6 Å². The van der Waals surface area contributed by atoms with E-state index in [4.69, 9.17) is 5.73 Å². The smallest absolute Gasteiger partial charge is 0.251 e. The molecule has 1 aliphatic carbocycles. The molecule has 10 heteroatoms. The second-order valence-corrected chi connectivity index (χ2v) is 9.33. The molecule has 0 aromatic carbocycles. The zero-order valence-electron chi connectivity index (χ0n) is 14.4. The van der Waals surface area contributed by atoms with E-state index in [9.17, 15) is 9.59 Å². The lowest BCUT2D eigenvalue weighted by Crippen LogP contribution is -2.24. The van der Waals surface area contributed by atoms with Gasteiger partial charge in [0.15, 0.2) is 11.0 Å². The Kier molecular flexibility index (Phi) is 5.02. The number of anilines is 1. The van der Waals surface area contributed by atoms with Gasteiger partial charge in [0.2, 0.25) is 5.91 Å². The van der Waals surface area contributed by atoms with Gasteiger partial charge in [-0.1, -0.05) is 17.8 Å². The van der Waals surface area contributed by atoms with E-state index in [0.717, 1.165) is 28.7 Å². The predicted molar refractivity (Wildman–Crippen MR) is 108 cm³/mol. The van der Waals surface area contributed by atoms with Crippen LogP contribution in [-0.4, -0.2) is 31.8 Å². The van der Waals surface area contributed by atoms with Crippen LogP contribution in [0, 0.1) is 0 Å². The van der Waals surface area contributed by atoms with Gasteiger partial charge < -0.3 is 11.1 Å². The summed E-state index contributed by atoms with van der Waals surface area (Å²) in [4.78, 5) is 25.1. The van der Waals surface area contributed by atoms with E-state index in [1.165, 1.54) is 23.1 Å². The van der Waals surface area contributed by atoms with Gasteiger partial charge in [-0.3, -0.25) is 14.2 Å². The molecule has 4 rings (SSSR count). The average molecular weight is 420 g/mol. The Morgan fingerprint density at radius 3 is 2.78 bits per heavy atom. The maximum Gasteiger partial charge on any atom is 0.251 e. The van der Waals surface area contributed by atoms with Gasteiger partial charge in [-0.2, -0.15) is 0 Å². The summed E-state index contributed by atoms with van der Waals surface area (Å²) in [6.45, 7) is 1.81. The maximum atomic E-state index is 12.6. The van der Waals surface area contributed by atoms with Crippen molar-refractivity contribution < 1.29 is 9.59 Å². The van der Waals surface area contributed by atoms with Gasteiger partial charge >= 0.3 is 0 Å². The molecular formula is C17H17N5O2S3. The molecule has 1 atom stereocenters. The van der Waals surface area contributed by atoms with Crippen molar-refractivity contribution in [2.75, 3.05) is 5.32 Å². The van der Waals surface area contributed by atoms with Crippen molar-refractivity contribution in [1.82, 2.24) is 14.8 Å². The van der Waals surface area contributed by atoms with Crippen LogP contribution in [0.15, 0.2) is 34.1 Å². The minimum Gasteiger partial charge on any atom is -0.366 e. The van der Waals surface area contributed by atoms with E-state index >= 15 is 0 Å². The third-order valence-electron chi connectivity index (χ3n) is 4.14. The fourth-order valence-corrected chi connectivity index (χ4v) is 5.04. The van der Waals surface area contributed by atoms with E-state index in [1.54, 1.807) is 22.8 Å². The number of nitrogens with two attached hydrogens (primary N) is 1. The van der Waals surface area contributed by atoms with Crippen LogP contribution in [0.25, 0.3) is 10.7 Å². The molecule has 1 aliphatic rings. The summed E-state index contributed by atoms with van der Waals surface area (Å²) in [5.41, 5.74) is 5.66. The highest BCUT2D eigenvalue weighted by molar-refractivity contribution is 8.00. The van der Waals surface area contributed by atoms with Crippen molar-refractivity contribution >= 4 is 51.3 Å². The summed E-state index contributed by atoms with van der Waals surface area (Å²) in [6, 6.07) is 6.03. The number of hydrogen-bond donors (Lipinski definition) is 2. The van der Waals surface area contributed by atoms with Crippen LogP contribution in [0.4, 0.5) is 5.00 Å². The molecule has 3 aromatic rings. The standard InChI is InChI=1S/C17H17N5O2S3/c1-9(15(24)19-16-11(13(18)23)6-8-26-16)27-17-21-20-14(12-3-2-7-25-12)22(17)10-4-5-10/h2-3,6-10H,4-5H2,1H3,(H2,18,23)(H,19,24)/t9-/m0/s1. The Balaban J connectivity index is 1.51. The van der Waals surface area contributed by atoms with Crippen LogP contribution in [0.1, 0.15) is 36.2 Å². The highest BCUT2D eigenvalue weighted by atomic mass is 32.2. The minimum atomic E-state index is -0.555. The Labute approximate surface area is 168 Å². The number of carbonyl (C=O) groups is 2. The zero-order valence-corrected chi connectivity index (χ0v) is 16.9. The number of nitrogens with one attached hydrogen (secondary N) is 1. The lowest BCUT2D eigenvalue weighted by atomic mass is 10.3. The van der Waals surface area contributed by atoms with Crippen LogP contribution >= 0.6 is 34.4 Å². The lowest BCUT2D eigenvalue weighted by Gasteiger charge is -2.13. The Morgan fingerprint density at radius 1 is 1.30 bits per heavy atom. The molecule has 1 fully saturated rings. The first-order chi connectivity index (χ1) is 13.0. The Bertz CT molecular complexity index is 975. The highest BCUT2D eigenvalue weighted by Crippen LogP contribution is 2.42. The van der Waals surface area contributed by atoms with E-state index in [2.05, 4.69) is 20.1 Å². The summed E-state index contributed by atoms with van der Waals surface area (Å²) in [7, 11) is 0. The summed E-state index contributed by atoms with van der Waals surface area (Å²) in [5, 5.41) is 16.0. The maximum absolute atomic E-state index is 12.6. The molecule has 0 saturated heterocycles. The van der Waals surface area contributed by atoms with Crippen molar-refractivity contribution in [3.63, 3.8) is 0 Å². The summed E-state index contributed by atoms with van der Waals surface area (Å²) < 4.78 is 2.14. The van der Waals surface area contributed by atoms with Gasteiger partial charge in [-0.05, 0) is 42.7 Å². The third kappa shape index (κ3) is 3.78. The van der Waals surface area contributed by atoms with E-state index in [-0.39, 0.29) is 5.91 Å². The van der Waals surface area contributed by atoms with Gasteiger partial charge in [0.05, 0.1) is 15.7 Å². The molecule has 0 radical (unpaired) electrons. The molecule has 0 unspecified atom stereocenters. The van der Waals surface area contributed by atoms with Gasteiger partial charge in [0, 0.05) is 6.04 Å². The molecule has 140 valence electrons. The van der Waals surface area contributed by atoms with Gasteiger partial charge in [-0.25, -0.2) is 0 Å². The molecule has 0 spiro atoms.